The molecular formula is C22H21F2N5O2. The van der Waals surface area contributed by atoms with Gasteiger partial charge in [0.2, 0.25) is 0 Å². The van der Waals surface area contributed by atoms with Crippen LogP contribution in [0.1, 0.15) is 65.5 Å². The summed E-state index contributed by atoms with van der Waals surface area (Å²) in [5.41, 5.74) is 7.09. The maximum absolute atomic E-state index is 14.4. The number of rotatable bonds is 5. The highest BCUT2D eigenvalue weighted by molar-refractivity contribution is 5.91. The van der Waals surface area contributed by atoms with Gasteiger partial charge < -0.3 is 10.5 Å². The molecule has 2 unspecified atom stereocenters. The van der Waals surface area contributed by atoms with Crippen LogP contribution in [0, 0.1) is 11.6 Å². The van der Waals surface area contributed by atoms with Gasteiger partial charge in [0.05, 0.1) is 29.6 Å². The molecule has 5 rings (SSSR count). The van der Waals surface area contributed by atoms with E-state index in [1.807, 2.05) is 17.1 Å². The van der Waals surface area contributed by atoms with E-state index in [0.717, 1.165) is 30.5 Å². The fourth-order valence-electron chi connectivity index (χ4n) is 4.01. The van der Waals surface area contributed by atoms with Gasteiger partial charge in [-0.05, 0) is 37.8 Å². The summed E-state index contributed by atoms with van der Waals surface area (Å²) in [6.07, 6.45) is 7.76. The quantitative estimate of drug-likeness (QED) is 0.621. The van der Waals surface area contributed by atoms with Crippen molar-refractivity contribution in [2.24, 2.45) is 0 Å². The number of nitrogens with zero attached hydrogens (tertiary/aromatic N) is 4. The number of anilines is 1. The summed E-state index contributed by atoms with van der Waals surface area (Å²) in [6, 6.07) is 3.61. The second-order valence-electron chi connectivity index (χ2n) is 8.04. The summed E-state index contributed by atoms with van der Waals surface area (Å²) in [6.45, 7) is 0.503. The Bertz CT molecular complexity index is 1140. The van der Waals surface area contributed by atoms with Crippen molar-refractivity contribution in [3.05, 3.63) is 59.2 Å². The van der Waals surface area contributed by atoms with Crippen molar-refractivity contribution < 1.29 is 18.3 Å². The second kappa shape index (κ2) is 7.81. The van der Waals surface area contributed by atoms with Gasteiger partial charge >= 0.3 is 0 Å². The first-order valence-electron chi connectivity index (χ1n) is 10.3. The average molecular weight is 425 g/mol. The van der Waals surface area contributed by atoms with Crippen molar-refractivity contribution in [1.82, 2.24) is 19.7 Å². The molecule has 1 aliphatic carbocycles. The fourth-order valence-corrected chi connectivity index (χ4v) is 4.01. The van der Waals surface area contributed by atoms with E-state index >= 15 is 0 Å². The molecule has 3 heterocycles. The van der Waals surface area contributed by atoms with Crippen LogP contribution in [0.5, 0.6) is 0 Å². The fraction of sp³-hybridized carbons (Fsp3) is 0.364. The van der Waals surface area contributed by atoms with Gasteiger partial charge in [0.1, 0.15) is 23.3 Å². The van der Waals surface area contributed by atoms with Crippen LogP contribution in [0.15, 0.2) is 30.6 Å². The Hall–Kier alpha value is -3.20. The van der Waals surface area contributed by atoms with Crippen LogP contribution < -0.4 is 5.73 Å². The SMILES string of the molecule is Nc1nc(C2CCOC(c3cnn(C4CC4)c3)C2)nc(-c2ccc(F)cc2F)c1C=O. The van der Waals surface area contributed by atoms with Crippen molar-refractivity contribution >= 4 is 12.1 Å². The largest absolute Gasteiger partial charge is 0.383 e. The normalized spacial score (nSPS) is 21.2. The molecule has 1 aromatic carbocycles. The number of ether oxygens (including phenoxy) is 1. The Labute approximate surface area is 177 Å². The first kappa shape index (κ1) is 19.7. The minimum absolute atomic E-state index is 0.00756. The van der Waals surface area contributed by atoms with Gasteiger partial charge in [-0.25, -0.2) is 18.7 Å². The molecule has 2 N–H and O–H groups in total. The zero-order valence-corrected chi connectivity index (χ0v) is 16.7. The smallest absolute Gasteiger partial charge is 0.155 e. The number of nitrogen functional groups attached to an aromatic ring is 1. The number of benzene rings is 1. The molecule has 3 aromatic rings. The van der Waals surface area contributed by atoms with Crippen LogP contribution in [0.3, 0.4) is 0 Å². The highest BCUT2D eigenvalue weighted by Gasteiger charge is 2.31. The Morgan fingerprint density at radius 1 is 1.19 bits per heavy atom. The standard InChI is InChI=1S/C22H21F2N5O2/c23-14-1-4-16(18(24)8-14)20-17(11-30)21(25)28-22(27-20)12-5-6-31-19(7-12)13-9-26-29(10-13)15-2-3-15/h1,4,8-12,15,19H,2-3,5-7H2,(H2,25,27,28). The third-order valence-electron chi connectivity index (χ3n) is 5.86. The third-order valence-corrected chi connectivity index (χ3v) is 5.86. The van der Waals surface area contributed by atoms with Crippen LogP contribution >= 0.6 is 0 Å². The van der Waals surface area contributed by atoms with Gasteiger partial charge in [0.25, 0.3) is 0 Å². The topological polar surface area (TPSA) is 95.9 Å². The van der Waals surface area contributed by atoms with E-state index in [4.69, 9.17) is 10.5 Å². The number of nitrogens with two attached hydrogens (primary N) is 1. The molecule has 31 heavy (non-hydrogen) atoms. The minimum atomic E-state index is -0.815. The predicted octanol–water partition coefficient (Wildman–Crippen LogP) is 3.98. The zero-order valence-electron chi connectivity index (χ0n) is 16.7. The molecule has 160 valence electrons. The second-order valence-corrected chi connectivity index (χ2v) is 8.04. The van der Waals surface area contributed by atoms with E-state index in [-0.39, 0.29) is 34.7 Å². The van der Waals surface area contributed by atoms with Crippen LogP contribution in [-0.4, -0.2) is 32.6 Å². The summed E-state index contributed by atoms with van der Waals surface area (Å²) in [5, 5.41) is 4.43. The summed E-state index contributed by atoms with van der Waals surface area (Å²) in [4.78, 5) is 20.4. The summed E-state index contributed by atoms with van der Waals surface area (Å²) in [7, 11) is 0. The number of carbonyl (C=O) groups excluding carboxylic acids is 1. The Morgan fingerprint density at radius 2 is 2.03 bits per heavy atom. The highest BCUT2D eigenvalue weighted by Crippen LogP contribution is 2.39. The lowest BCUT2D eigenvalue weighted by molar-refractivity contribution is 0.00393. The molecule has 0 radical (unpaired) electrons. The van der Waals surface area contributed by atoms with Gasteiger partial charge in [-0.2, -0.15) is 5.10 Å². The van der Waals surface area contributed by atoms with Crippen molar-refractivity contribution in [2.75, 3.05) is 12.3 Å². The first-order valence-corrected chi connectivity index (χ1v) is 10.3. The van der Waals surface area contributed by atoms with Gasteiger partial charge in [-0.3, -0.25) is 9.48 Å². The van der Waals surface area contributed by atoms with Crippen LogP contribution in [0.4, 0.5) is 14.6 Å². The molecule has 0 amide bonds. The Balaban J connectivity index is 1.47. The van der Waals surface area contributed by atoms with Crippen LogP contribution in [0.2, 0.25) is 0 Å². The number of hydrogen-bond donors (Lipinski definition) is 1. The van der Waals surface area contributed by atoms with Crippen LogP contribution in [-0.2, 0) is 4.74 Å². The van der Waals surface area contributed by atoms with Crippen molar-refractivity contribution in [3.8, 4) is 11.3 Å². The van der Waals surface area contributed by atoms with E-state index in [9.17, 15) is 13.6 Å². The molecule has 2 aliphatic rings. The molecule has 0 bridgehead atoms. The van der Waals surface area contributed by atoms with E-state index in [0.29, 0.717) is 37.6 Å². The van der Waals surface area contributed by atoms with Gasteiger partial charge in [0, 0.05) is 35.9 Å². The van der Waals surface area contributed by atoms with Crippen molar-refractivity contribution in [1.29, 1.82) is 0 Å². The monoisotopic (exact) mass is 425 g/mol. The highest BCUT2D eigenvalue weighted by atomic mass is 19.1. The number of aldehydes is 1. The molecule has 2 atom stereocenters. The van der Waals surface area contributed by atoms with Crippen molar-refractivity contribution in [2.45, 2.75) is 43.7 Å². The Morgan fingerprint density at radius 3 is 2.77 bits per heavy atom. The summed E-state index contributed by atoms with van der Waals surface area (Å²) < 4.78 is 35.7. The maximum Gasteiger partial charge on any atom is 0.155 e. The number of carbonyl (C=O) groups is 1. The molecule has 1 saturated carbocycles. The minimum Gasteiger partial charge on any atom is -0.383 e. The number of aromatic nitrogens is 4. The van der Waals surface area contributed by atoms with Gasteiger partial charge in [-0.15, -0.1) is 0 Å². The first-order chi connectivity index (χ1) is 15.0. The summed E-state index contributed by atoms with van der Waals surface area (Å²) in [5.74, 6) is -1.22. The molecule has 2 fully saturated rings. The van der Waals surface area contributed by atoms with E-state index in [2.05, 4.69) is 15.1 Å². The lowest BCUT2D eigenvalue weighted by atomic mass is 9.92. The lowest BCUT2D eigenvalue weighted by Gasteiger charge is -2.28. The number of hydrogen-bond acceptors (Lipinski definition) is 6. The van der Waals surface area contributed by atoms with Crippen LogP contribution in [0.25, 0.3) is 11.3 Å². The third kappa shape index (κ3) is 3.81. The molecular weight excluding hydrogens is 404 g/mol. The van der Waals surface area contributed by atoms with E-state index in [1.54, 1.807) is 0 Å². The molecule has 9 heteroatoms. The predicted molar refractivity (Wildman–Crippen MR) is 108 cm³/mol. The zero-order chi connectivity index (χ0) is 21.5. The maximum atomic E-state index is 14.4. The lowest BCUT2D eigenvalue weighted by Crippen LogP contribution is -2.21. The molecule has 7 nitrogen and oxygen atoms in total. The average Bonchev–Trinajstić information content (AvgIpc) is 3.50. The van der Waals surface area contributed by atoms with E-state index < -0.39 is 11.6 Å². The van der Waals surface area contributed by atoms with Crippen molar-refractivity contribution in [3.63, 3.8) is 0 Å². The van der Waals surface area contributed by atoms with Gasteiger partial charge in [0.15, 0.2) is 6.29 Å². The molecule has 0 spiro atoms. The van der Waals surface area contributed by atoms with Gasteiger partial charge in [-0.1, -0.05) is 0 Å². The number of halogens is 2. The molecule has 1 saturated heterocycles. The molecule has 1 aliphatic heterocycles. The molecule has 2 aromatic heterocycles. The summed E-state index contributed by atoms with van der Waals surface area (Å²) >= 11 is 0. The van der Waals surface area contributed by atoms with E-state index in [1.165, 1.54) is 6.07 Å². The Kier molecular flexibility index (Phi) is 4.97.